The molecule has 5 nitrogen and oxygen atoms in total. The van der Waals surface area contributed by atoms with Gasteiger partial charge >= 0.3 is 0 Å². The van der Waals surface area contributed by atoms with Crippen LogP contribution in [0.3, 0.4) is 0 Å². The lowest BCUT2D eigenvalue weighted by Crippen LogP contribution is -2.26. The van der Waals surface area contributed by atoms with Crippen molar-refractivity contribution in [1.29, 1.82) is 0 Å². The van der Waals surface area contributed by atoms with E-state index in [9.17, 15) is 4.39 Å². The lowest BCUT2D eigenvalue weighted by molar-refractivity contribution is 0.0220. The third kappa shape index (κ3) is 2.53. The molecular weight excluding hydrogens is 201 g/mol. The fraction of sp³-hybridized carbons (Fsp3) is 0.556. The Morgan fingerprint density at radius 2 is 2.20 bits per heavy atom. The van der Waals surface area contributed by atoms with Crippen LogP contribution in [0.2, 0.25) is 0 Å². The number of rotatable bonds is 2. The normalized spacial score (nSPS) is 17.7. The van der Waals surface area contributed by atoms with Crippen molar-refractivity contribution in [3.63, 3.8) is 0 Å². The molecule has 1 aliphatic rings. The maximum absolute atomic E-state index is 13.2. The Morgan fingerprint density at radius 1 is 1.47 bits per heavy atom. The Morgan fingerprint density at radius 3 is 2.93 bits per heavy atom. The highest BCUT2D eigenvalue weighted by Crippen LogP contribution is 2.18. The topological polar surface area (TPSA) is 70.3 Å². The summed E-state index contributed by atoms with van der Waals surface area (Å²) < 4.78 is 23.7. The molecule has 2 N–H and O–H groups in total. The smallest absolute Gasteiger partial charge is 0.255 e. The van der Waals surface area contributed by atoms with Crippen LogP contribution in [0, 0.1) is 5.82 Å². The molecule has 1 aromatic rings. The summed E-state index contributed by atoms with van der Waals surface area (Å²) in [6.45, 7) is 1.26. The molecule has 0 bridgehead atoms. The molecule has 15 heavy (non-hydrogen) atoms. The van der Waals surface area contributed by atoms with Gasteiger partial charge in [-0.3, -0.25) is 0 Å². The second-order valence-electron chi connectivity index (χ2n) is 3.31. The number of aromatic nitrogens is 2. The standard InChI is InChI=1S/C9H12FN3O2/c10-7-5-12-9(11)13-8(7)15-6-1-3-14-4-2-6/h5-6H,1-4H2,(H2,11,12,13). The Bertz CT molecular complexity index is 342. The summed E-state index contributed by atoms with van der Waals surface area (Å²) in [6, 6.07) is 0. The summed E-state index contributed by atoms with van der Waals surface area (Å²) in [6.07, 6.45) is 2.44. The van der Waals surface area contributed by atoms with Gasteiger partial charge in [-0.1, -0.05) is 0 Å². The van der Waals surface area contributed by atoms with Crippen molar-refractivity contribution in [2.24, 2.45) is 0 Å². The summed E-state index contributed by atoms with van der Waals surface area (Å²) in [5.41, 5.74) is 5.34. The van der Waals surface area contributed by atoms with Crippen LogP contribution >= 0.6 is 0 Å². The zero-order chi connectivity index (χ0) is 10.7. The molecule has 6 heteroatoms. The summed E-state index contributed by atoms with van der Waals surface area (Å²) in [4.78, 5) is 7.21. The molecule has 0 amide bonds. The summed E-state index contributed by atoms with van der Waals surface area (Å²) in [5, 5.41) is 0. The molecule has 1 aromatic heterocycles. The maximum atomic E-state index is 13.2. The molecule has 1 fully saturated rings. The van der Waals surface area contributed by atoms with Crippen LogP contribution in [0.1, 0.15) is 12.8 Å². The zero-order valence-electron chi connectivity index (χ0n) is 8.15. The summed E-state index contributed by atoms with van der Waals surface area (Å²) in [5.74, 6) is -0.649. The van der Waals surface area contributed by atoms with Gasteiger partial charge in [0.25, 0.3) is 5.88 Å². The number of nitrogens with two attached hydrogens (primary N) is 1. The lowest BCUT2D eigenvalue weighted by Gasteiger charge is -2.22. The predicted molar refractivity (Wildman–Crippen MR) is 50.9 cm³/mol. The number of hydrogen-bond acceptors (Lipinski definition) is 5. The predicted octanol–water partition coefficient (Wildman–Crippen LogP) is 0.756. The van der Waals surface area contributed by atoms with E-state index in [0.29, 0.717) is 13.2 Å². The van der Waals surface area contributed by atoms with E-state index in [-0.39, 0.29) is 17.9 Å². The minimum atomic E-state index is -0.587. The van der Waals surface area contributed by atoms with Gasteiger partial charge in [0.15, 0.2) is 0 Å². The van der Waals surface area contributed by atoms with Gasteiger partial charge < -0.3 is 15.2 Å². The van der Waals surface area contributed by atoms with Gasteiger partial charge in [-0.05, 0) is 0 Å². The molecule has 2 rings (SSSR count). The third-order valence-electron chi connectivity index (χ3n) is 2.18. The number of halogens is 1. The highest BCUT2D eigenvalue weighted by Gasteiger charge is 2.18. The van der Waals surface area contributed by atoms with E-state index in [1.165, 1.54) is 0 Å². The van der Waals surface area contributed by atoms with E-state index in [2.05, 4.69) is 9.97 Å². The first kappa shape index (κ1) is 10.1. The number of nitrogen functional groups attached to an aromatic ring is 1. The number of ether oxygens (including phenoxy) is 2. The Labute approximate surface area is 86.4 Å². The summed E-state index contributed by atoms with van der Waals surface area (Å²) in [7, 11) is 0. The van der Waals surface area contributed by atoms with Crippen molar-refractivity contribution in [2.45, 2.75) is 18.9 Å². The van der Waals surface area contributed by atoms with Crippen LogP contribution in [0.15, 0.2) is 6.20 Å². The van der Waals surface area contributed by atoms with Gasteiger partial charge in [0.2, 0.25) is 11.8 Å². The second-order valence-corrected chi connectivity index (χ2v) is 3.31. The molecule has 0 aliphatic carbocycles. The monoisotopic (exact) mass is 213 g/mol. The van der Waals surface area contributed by atoms with Crippen molar-refractivity contribution in [1.82, 2.24) is 9.97 Å². The first-order chi connectivity index (χ1) is 7.25. The Kier molecular flexibility index (Phi) is 2.96. The maximum Gasteiger partial charge on any atom is 0.255 e. The molecule has 0 spiro atoms. The van der Waals surface area contributed by atoms with Crippen molar-refractivity contribution >= 4 is 5.95 Å². The second kappa shape index (κ2) is 4.39. The van der Waals surface area contributed by atoms with Crippen LogP contribution in [0.25, 0.3) is 0 Å². The Hall–Kier alpha value is -1.43. The van der Waals surface area contributed by atoms with Crippen molar-refractivity contribution in [3.8, 4) is 5.88 Å². The Balaban J connectivity index is 2.05. The fourth-order valence-corrected chi connectivity index (χ4v) is 1.40. The van der Waals surface area contributed by atoms with Gasteiger partial charge in [0.05, 0.1) is 19.4 Å². The van der Waals surface area contributed by atoms with E-state index < -0.39 is 5.82 Å². The van der Waals surface area contributed by atoms with Crippen LogP contribution in [-0.4, -0.2) is 29.3 Å². The zero-order valence-corrected chi connectivity index (χ0v) is 8.15. The van der Waals surface area contributed by atoms with Crippen LogP contribution in [0.4, 0.5) is 10.3 Å². The first-order valence-electron chi connectivity index (χ1n) is 4.78. The lowest BCUT2D eigenvalue weighted by atomic mass is 10.2. The summed E-state index contributed by atoms with van der Waals surface area (Å²) >= 11 is 0. The molecule has 0 radical (unpaired) electrons. The van der Waals surface area contributed by atoms with Gasteiger partial charge in [-0.25, -0.2) is 4.98 Å². The molecule has 0 unspecified atom stereocenters. The molecule has 0 atom stereocenters. The molecule has 2 heterocycles. The molecule has 82 valence electrons. The number of nitrogens with zero attached hydrogens (tertiary/aromatic N) is 2. The molecular formula is C9H12FN3O2. The minimum absolute atomic E-state index is 0.0125. The van der Waals surface area contributed by atoms with Gasteiger partial charge in [0.1, 0.15) is 6.10 Å². The minimum Gasteiger partial charge on any atom is -0.472 e. The fourth-order valence-electron chi connectivity index (χ4n) is 1.40. The average Bonchev–Trinajstić information content (AvgIpc) is 2.25. The van der Waals surface area contributed by atoms with Crippen LogP contribution < -0.4 is 10.5 Å². The largest absolute Gasteiger partial charge is 0.472 e. The van der Waals surface area contributed by atoms with Gasteiger partial charge in [0, 0.05) is 12.8 Å². The van der Waals surface area contributed by atoms with Crippen molar-refractivity contribution < 1.29 is 13.9 Å². The van der Waals surface area contributed by atoms with E-state index >= 15 is 0 Å². The molecule has 0 saturated carbocycles. The quantitative estimate of drug-likeness (QED) is 0.785. The van der Waals surface area contributed by atoms with E-state index in [4.69, 9.17) is 15.2 Å². The molecule has 0 aromatic carbocycles. The molecule has 1 saturated heterocycles. The highest BCUT2D eigenvalue weighted by molar-refractivity contribution is 5.22. The first-order valence-corrected chi connectivity index (χ1v) is 4.78. The number of anilines is 1. The van der Waals surface area contributed by atoms with Gasteiger partial charge in [-0.15, -0.1) is 0 Å². The van der Waals surface area contributed by atoms with Crippen molar-refractivity contribution in [2.75, 3.05) is 18.9 Å². The van der Waals surface area contributed by atoms with E-state index in [0.717, 1.165) is 19.0 Å². The van der Waals surface area contributed by atoms with Gasteiger partial charge in [-0.2, -0.15) is 9.37 Å². The van der Waals surface area contributed by atoms with Crippen LogP contribution in [-0.2, 0) is 4.74 Å². The van der Waals surface area contributed by atoms with Crippen molar-refractivity contribution in [3.05, 3.63) is 12.0 Å². The highest BCUT2D eigenvalue weighted by atomic mass is 19.1. The SMILES string of the molecule is Nc1ncc(F)c(OC2CCOCC2)n1. The number of hydrogen-bond donors (Lipinski definition) is 1. The van der Waals surface area contributed by atoms with E-state index in [1.54, 1.807) is 0 Å². The third-order valence-corrected chi connectivity index (χ3v) is 2.18. The average molecular weight is 213 g/mol. The van der Waals surface area contributed by atoms with Crippen LogP contribution in [0.5, 0.6) is 5.88 Å². The van der Waals surface area contributed by atoms with E-state index in [1.807, 2.05) is 0 Å². The molecule has 1 aliphatic heterocycles.